The number of allylic oxidation sites excluding steroid dienone is 2. The fourth-order valence-electron chi connectivity index (χ4n) is 4.12. The third-order valence-electron chi connectivity index (χ3n) is 5.85. The summed E-state index contributed by atoms with van der Waals surface area (Å²) in [5.41, 5.74) is -1.97. The van der Waals surface area contributed by atoms with Gasteiger partial charge in [0.2, 0.25) is 6.29 Å². The van der Waals surface area contributed by atoms with Crippen molar-refractivity contribution in [3.63, 3.8) is 0 Å². The van der Waals surface area contributed by atoms with E-state index in [0.717, 1.165) is 19.3 Å². The standard InChI is InChI=1S/C25H26F6O3/c1-3-7-21(32)20-10-11-33-23(22(20)16-8-5-4-6-9-16)34-15(2)17-12-18(24(26,27)28)14-19(13-17)25(29,30)31/h3,5,8,10-16,21,23,32H,1,4,6-7,9H2,2H3/t15-,16?,21-,23-/m1/s1. The van der Waals surface area contributed by atoms with Crippen LogP contribution in [0, 0.1) is 5.92 Å². The van der Waals surface area contributed by atoms with E-state index in [1.807, 2.05) is 12.2 Å². The summed E-state index contributed by atoms with van der Waals surface area (Å²) in [5, 5.41) is 10.6. The number of alkyl halides is 6. The lowest BCUT2D eigenvalue weighted by Gasteiger charge is -2.34. The number of halogens is 6. The Balaban J connectivity index is 1.98. The van der Waals surface area contributed by atoms with E-state index in [9.17, 15) is 31.4 Å². The van der Waals surface area contributed by atoms with Crippen LogP contribution in [0.1, 0.15) is 55.4 Å². The van der Waals surface area contributed by atoms with Crippen LogP contribution < -0.4 is 0 Å². The third kappa shape index (κ3) is 6.13. The molecule has 0 aromatic heterocycles. The highest BCUT2D eigenvalue weighted by Crippen LogP contribution is 2.40. The lowest BCUT2D eigenvalue weighted by Crippen LogP contribution is -2.30. The van der Waals surface area contributed by atoms with Crippen LogP contribution in [-0.2, 0) is 21.8 Å². The van der Waals surface area contributed by atoms with Gasteiger partial charge in [-0.15, -0.1) is 6.58 Å². The largest absolute Gasteiger partial charge is 0.468 e. The van der Waals surface area contributed by atoms with E-state index < -0.39 is 42.0 Å². The summed E-state index contributed by atoms with van der Waals surface area (Å²) >= 11 is 0. The van der Waals surface area contributed by atoms with Gasteiger partial charge in [-0.2, -0.15) is 26.3 Å². The van der Waals surface area contributed by atoms with Gasteiger partial charge in [-0.3, -0.25) is 0 Å². The van der Waals surface area contributed by atoms with Crippen LogP contribution in [0.2, 0.25) is 0 Å². The Bertz CT molecular complexity index is 942. The average Bonchev–Trinajstić information content (AvgIpc) is 2.78. The Kier molecular flexibility index (Phi) is 7.98. The first-order valence-electron chi connectivity index (χ1n) is 10.9. The predicted octanol–water partition coefficient (Wildman–Crippen LogP) is 7.26. The molecule has 3 rings (SSSR count). The summed E-state index contributed by atoms with van der Waals surface area (Å²) in [5.74, 6) is -0.155. The lowest BCUT2D eigenvalue weighted by atomic mass is 9.83. The van der Waals surface area contributed by atoms with E-state index in [1.165, 1.54) is 13.2 Å². The minimum Gasteiger partial charge on any atom is -0.468 e. The molecule has 1 aliphatic heterocycles. The van der Waals surface area contributed by atoms with Gasteiger partial charge in [-0.05, 0) is 68.0 Å². The van der Waals surface area contributed by atoms with Crippen LogP contribution >= 0.6 is 0 Å². The molecular formula is C25H26F6O3. The Hall–Kier alpha value is -2.52. The maximum Gasteiger partial charge on any atom is 0.416 e. The molecule has 1 heterocycles. The Morgan fingerprint density at radius 2 is 1.79 bits per heavy atom. The van der Waals surface area contributed by atoms with Crippen LogP contribution in [-0.4, -0.2) is 17.5 Å². The summed E-state index contributed by atoms with van der Waals surface area (Å²) in [7, 11) is 0. The monoisotopic (exact) mass is 488 g/mol. The molecular weight excluding hydrogens is 462 g/mol. The van der Waals surface area contributed by atoms with Gasteiger partial charge in [0.1, 0.15) is 0 Å². The van der Waals surface area contributed by atoms with E-state index in [4.69, 9.17) is 9.47 Å². The van der Waals surface area contributed by atoms with Gasteiger partial charge in [-0.25, -0.2) is 0 Å². The summed E-state index contributed by atoms with van der Waals surface area (Å²) < 4.78 is 91.2. The van der Waals surface area contributed by atoms with Crippen LogP contribution in [0.3, 0.4) is 0 Å². The molecule has 34 heavy (non-hydrogen) atoms. The fraction of sp³-hybridized carbons (Fsp3) is 0.440. The summed E-state index contributed by atoms with van der Waals surface area (Å²) in [4.78, 5) is 0. The molecule has 0 saturated heterocycles. The zero-order valence-corrected chi connectivity index (χ0v) is 18.5. The molecule has 186 valence electrons. The molecule has 0 spiro atoms. The van der Waals surface area contributed by atoms with E-state index in [1.54, 1.807) is 12.2 Å². The zero-order chi connectivity index (χ0) is 25.1. The minimum absolute atomic E-state index is 0.0813. The van der Waals surface area contributed by atoms with Crippen molar-refractivity contribution < 1.29 is 40.9 Å². The van der Waals surface area contributed by atoms with Gasteiger partial charge < -0.3 is 14.6 Å². The fourth-order valence-corrected chi connectivity index (χ4v) is 4.12. The van der Waals surface area contributed by atoms with Gasteiger partial charge in [0.15, 0.2) is 0 Å². The highest BCUT2D eigenvalue weighted by Gasteiger charge is 2.38. The highest BCUT2D eigenvalue weighted by molar-refractivity contribution is 5.38. The average molecular weight is 488 g/mol. The van der Waals surface area contributed by atoms with Crippen molar-refractivity contribution in [2.24, 2.45) is 5.92 Å². The number of hydrogen-bond acceptors (Lipinski definition) is 3. The molecule has 0 saturated carbocycles. The van der Waals surface area contributed by atoms with E-state index >= 15 is 0 Å². The third-order valence-corrected chi connectivity index (χ3v) is 5.85. The Labute approximate surface area is 194 Å². The number of aliphatic hydroxyl groups is 1. The molecule has 1 N–H and O–H groups in total. The van der Waals surface area contributed by atoms with Crippen molar-refractivity contribution in [3.05, 3.63) is 83.2 Å². The molecule has 1 unspecified atom stereocenters. The smallest absolute Gasteiger partial charge is 0.416 e. The zero-order valence-electron chi connectivity index (χ0n) is 18.5. The van der Waals surface area contributed by atoms with Crippen LogP contribution in [0.15, 0.2) is 66.5 Å². The summed E-state index contributed by atoms with van der Waals surface area (Å²) in [6, 6.07) is 1.38. The number of aliphatic hydroxyl groups excluding tert-OH is 1. The van der Waals surface area contributed by atoms with Gasteiger partial charge in [-0.1, -0.05) is 18.2 Å². The minimum atomic E-state index is -4.96. The number of ether oxygens (including phenoxy) is 2. The maximum atomic E-state index is 13.3. The van der Waals surface area contributed by atoms with Crippen LogP contribution in [0.4, 0.5) is 26.3 Å². The van der Waals surface area contributed by atoms with Crippen molar-refractivity contribution in [2.45, 2.75) is 63.5 Å². The van der Waals surface area contributed by atoms with Crippen molar-refractivity contribution in [1.82, 2.24) is 0 Å². The lowest BCUT2D eigenvalue weighted by molar-refractivity contribution is -0.143. The van der Waals surface area contributed by atoms with Crippen molar-refractivity contribution in [2.75, 3.05) is 0 Å². The molecule has 3 nitrogen and oxygen atoms in total. The summed E-state index contributed by atoms with van der Waals surface area (Å²) in [6.45, 7) is 5.00. The summed E-state index contributed by atoms with van der Waals surface area (Å²) in [6.07, 6.45) is -1.93. The van der Waals surface area contributed by atoms with E-state index in [-0.39, 0.29) is 24.0 Å². The first-order chi connectivity index (χ1) is 15.9. The second kappa shape index (κ2) is 10.4. The predicted molar refractivity (Wildman–Crippen MR) is 114 cm³/mol. The molecule has 0 fully saturated rings. The van der Waals surface area contributed by atoms with Gasteiger partial charge >= 0.3 is 12.4 Å². The first-order valence-corrected chi connectivity index (χ1v) is 10.9. The Morgan fingerprint density at radius 3 is 2.32 bits per heavy atom. The molecule has 2 aliphatic rings. The molecule has 1 aromatic rings. The number of rotatable bonds is 7. The molecule has 0 bridgehead atoms. The number of hydrogen-bond donors (Lipinski definition) is 1. The van der Waals surface area contributed by atoms with Gasteiger partial charge in [0.25, 0.3) is 0 Å². The van der Waals surface area contributed by atoms with Crippen LogP contribution in [0.25, 0.3) is 0 Å². The number of benzene rings is 1. The molecule has 9 heteroatoms. The van der Waals surface area contributed by atoms with Crippen molar-refractivity contribution in [1.29, 1.82) is 0 Å². The van der Waals surface area contributed by atoms with Crippen molar-refractivity contribution >= 4 is 0 Å². The van der Waals surface area contributed by atoms with Gasteiger partial charge in [0, 0.05) is 11.5 Å². The second-order valence-corrected chi connectivity index (χ2v) is 8.30. The van der Waals surface area contributed by atoms with E-state index in [2.05, 4.69) is 6.58 Å². The topological polar surface area (TPSA) is 38.7 Å². The maximum absolute atomic E-state index is 13.3. The quantitative estimate of drug-likeness (QED) is 0.324. The molecule has 1 aliphatic carbocycles. The molecule has 0 radical (unpaired) electrons. The Morgan fingerprint density at radius 1 is 1.15 bits per heavy atom. The normalized spacial score (nSPS) is 22.9. The highest BCUT2D eigenvalue weighted by atomic mass is 19.4. The second-order valence-electron chi connectivity index (χ2n) is 8.30. The van der Waals surface area contributed by atoms with E-state index in [0.29, 0.717) is 23.3 Å². The SMILES string of the molecule is C=CC[C@@H](O)C1=C(C2C=CCCC2)[C@@H](O[C@H](C)c2cc(C(F)(F)F)cc(C(F)(F)F)c2)OC=C1. The van der Waals surface area contributed by atoms with Crippen LogP contribution in [0.5, 0.6) is 0 Å². The molecule has 4 atom stereocenters. The van der Waals surface area contributed by atoms with Crippen molar-refractivity contribution in [3.8, 4) is 0 Å². The first kappa shape index (κ1) is 26.1. The molecule has 0 amide bonds. The molecule has 1 aromatic carbocycles. The van der Waals surface area contributed by atoms with Gasteiger partial charge in [0.05, 0.1) is 29.6 Å².